The van der Waals surface area contributed by atoms with Crippen LogP contribution in [0.2, 0.25) is 0 Å². The molecule has 27 heavy (non-hydrogen) atoms. The zero-order valence-electron chi connectivity index (χ0n) is 14.0. The van der Waals surface area contributed by atoms with E-state index in [1.165, 1.54) is 23.0 Å². The Morgan fingerprint density at radius 1 is 1.15 bits per heavy atom. The van der Waals surface area contributed by atoms with Crippen LogP contribution in [0.3, 0.4) is 0 Å². The molecule has 2 heterocycles. The standard InChI is InChI=1S/C19H12BrN3O3S/c1-26-18(25)13-4-2-11(3-5-13)10-15-17(24)23-19(27-15)21-16(22-23)12-6-8-14(20)9-7-12/h2-10H,1H3/b15-10-. The van der Waals surface area contributed by atoms with Crippen LogP contribution in [0.25, 0.3) is 22.4 Å². The number of fused-ring (bicyclic) bond motifs is 1. The van der Waals surface area contributed by atoms with Crippen molar-refractivity contribution in [2.45, 2.75) is 0 Å². The van der Waals surface area contributed by atoms with Gasteiger partial charge in [0.25, 0.3) is 5.56 Å². The molecule has 0 saturated carbocycles. The van der Waals surface area contributed by atoms with Crippen molar-refractivity contribution >= 4 is 44.3 Å². The van der Waals surface area contributed by atoms with Crippen molar-refractivity contribution in [2.75, 3.05) is 7.11 Å². The van der Waals surface area contributed by atoms with E-state index in [0.717, 1.165) is 15.6 Å². The van der Waals surface area contributed by atoms with Gasteiger partial charge in [-0.05, 0) is 35.9 Å². The van der Waals surface area contributed by atoms with E-state index >= 15 is 0 Å². The quantitative estimate of drug-likeness (QED) is 0.457. The van der Waals surface area contributed by atoms with E-state index in [-0.39, 0.29) is 5.56 Å². The van der Waals surface area contributed by atoms with Gasteiger partial charge in [-0.15, -0.1) is 5.10 Å². The van der Waals surface area contributed by atoms with E-state index in [1.807, 2.05) is 24.3 Å². The highest BCUT2D eigenvalue weighted by atomic mass is 79.9. The van der Waals surface area contributed by atoms with Crippen LogP contribution < -0.4 is 10.1 Å². The number of thiazole rings is 1. The Balaban J connectivity index is 1.71. The molecular weight excluding hydrogens is 430 g/mol. The molecule has 0 N–H and O–H groups in total. The van der Waals surface area contributed by atoms with E-state index in [0.29, 0.717) is 20.9 Å². The lowest BCUT2D eigenvalue weighted by Crippen LogP contribution is -2.23. The molecule has 2 aromatic heterocycles. The van der Waals surface area contributed by atoms with E-state index in [2.05, 4.69) is 30.7 Å². The lowest BCUT2D eigenvalue weighted by molar-refractivity contribution is 0.0600. The van der Waals surface area contributed by atoms with E-state index < -0.39 is 5.97 Å². The van der Waals surface area contributed by atoms with Gasteiger partial charge < -0.3 is 4.74 Å². The number of ether oxygens (including phenoxy) is 1. The molecule has 134 valence electrons. The summed E-state index contributed by atoms with van der Waals surface area (Å²) >= 11 is 4.66. The molecule has 8 heteroatoms. The van der Waals surface area contributed by atoms with Gasteiger partial charge in [0, 0.05) is 10.0 Å². The molecule has 6 nitrogen and oxygen atoms in total. The fraction of sp³-hybridized carbons (Fsp3) is 0.0526. The van der Waals surface area contributed by atoms with Crippen LogP contribution >= 0.6 is 27.3 Å². The van der Waals surface area contributed by atoms with Crippen molar-refractivity contribution in [1.82, 2.24) is 14.6 Å². The first-order valence-electron chi connectivity index (χ1n) is 7.91. The maximum atomic E-state index is 12.6. The second-order valence-corrected chi connectivity index (χ2v) is 7.59. The molecule has 0 aliphatic carbocycles. The van der Waals surface area contributed by atoms with Crippen LogP contribution in [0.4, 0.5) is 0 Å². The first-order valence-corrected chi connectivity index (χ1v) is 9.52. The topological polar surface area (TPSA) is 73.6 Å². The lowest BCUT2D eigenvalue weighted by Gasteiger charge is -1.98. The van der Waals surface area contributed by atoms with Crippen LogP contribution in [0.5, 0.6) is 0 Å². The Labute approximate surface area is 165 Å². The second-order valence-electron chi connectivity index (χ2n) is 5.67. The van der Waals surface area contributed by atoms with Crippen LogP contribution in [0.15, 0.2) is 57.8 Å². The van der Waals surface area contributed by atoms with Crippen molar-refractivity contribution in [2.24, 2.45) is 0 Å². The molecular formula is C19H12BrN3O3S. The third-order valence-electron chi connectivity index (χ3n) is 3.91. The minimum atomic E-state index is -0.398. The predicted octanol–water partition coefficient (Wildman–Crippen LogP) is 2.91. The summed E-state index contributed by atoms with van der Waals surface area (Å²) in [7, 11) is 1.34. The van der Waals surface area contributed by atoms with Gasteiger partial charge in [-0.3, -0.25) is 4.79 Å². The van der Waals surface area contributed by atoms with Crippen molar-refractivity contribution in [3.63, 3.8) is 0 Å². The molecule has 0 unspecified atom stereocenters. The minimum Gasteiger partial charge on any atom is -0.465 e. The summed E-state index contributed by atoms with van der Waals surface area (Å²) in [6.45, 7) is 0. The molecule has 0 amide bonds. The molecule has 0 atom stereocenters. The number of rotatable bonds is 3. The zero-order valence-corrected chi connectivity index (χ0v) is 16.5. The van der Waals surface area contributed by atoms with Gasteiger partial charge >= 0.3 is 5.97 Å². The number of methoxy groups -OCH3 is 1. The van der Waals surface area contributed by atoms with Gasteiger partial charge in [-0.1, -0.05) is 51.5 Å². The third kappa shape index (κ3) is 3.41. The summed E-state index contributed by atoms with van der Waals surface area (Å²) < 4.78 is 7.48. The predicted molar refractivity (Wildman–Crippen MR) is 107 cm³/mol. The van der Waals surface area contributed by atoms with Crippen LogP contribution in [0, 0.1) is 0 Å². The van der Waals surface area contributed by atoms with Gasteiger partial charge in [0.05, 0.1) is 17.2 Å². The minimum absolute atomic E-state index is 0.220. The Morgan fingerprint density at radius 3 is 2.48 bits per heavy atom. The second kappa shape index (κ2) is 7.05. The summed E-state index contributed by atoms with van der Waals surface area (Å²) in [4.78, 5) is 29.1. The Kier molecular flexibility index (Phi) is 4.59. The molecule has 0 aliphatic heterocycles. The fourth-order valence-corrected chi connectivity index (χ4v) is 3.71. The highest BCUT2D eigenvalue weighted by molar-refractivity contribution is 9.10. The largest absolute Gasteiger partial charge is 0.465 e. The van der Waals surface area contributed by atoms with Crippen molar-refractivity contribution < 1.29 is 9.53 Å². The fourth-order valence-electron chi connectivity index (χ4n) is 2.54. The summed E-state index contributed by atoms with van der Waals surface area (Å²) in [6.07, 6.45) is 1.75. The van der Waals surface area contributed by atoms with Gasteiger partial charge in [-0.2, -0.15) is 9.50 Å². The maximum absolute atomic E-state index is 12.6. The number of benzene rings is 2. The maximum Gasteiger partial charge on any atom is 0.337 e. The monoisotopic (exact) mass is 441 g/mol. The Morgan fingerprint density at radius 2 is 1.85 bits per heavy atom. The van der Waals surface area contributed by atoms with Crippen molar-refractivity contribution in [1.29, 1.82) is 0 Å². The molecule has 4 aromatic rings. The summed E-state index contributed by atoms with van der Waals surface area (Å²) in [5.74, 6) is 0.116. The van der Waals surface area contributed by atoms with Gasteiger partial charge in [0.1, 0.15) is 0 Å². The highest BCUT2D eigenvalue weighted by Crippen LogP contribution is 2.19. The summed E-state index contributed by atoms with van der Waals surface area (Å²) in [5, 5.41) is 4.33. The van der Waals surface area contributed by atoms with Crippen LogP contribution in [0.1, 0.15) is 15.9 Å². The average Bonchev–Trinajstić information content (AvgIpc) is 3.22. The first-order chi connectivity index (χ1) is 13.0. The lowest BCUT2D eigenvalue weighted by atomic mass is 10.1. The van der Waals surface area contributed by atoms with Crippen molar-refractivity contribution in [3.8, 4) is 11.4 Å². The van der Waals surface area contributed by atoms with Crippen LogP contribution in [-0.2, 0) is 4.74 Å². The molecule has 0 spiro atoms. The molecule has 0 radical (unpaired) electrons. The normalized spacial score (nSPS) is 11.9. The number of hydrogen-bond donors (Lipinski definition) is 0. The van der Waals surface area contributed by atoms with E-state index in [4.69, 9.17) is 0 Å². The molecule has 0 aliphatic rings. The smallest absolute Gasteiger partial charge is 0.337 e. The number of esters is 1. The van der Waals surface area contributed by atoms with Gasteiger partial charge in [0.2, 0.25) is 4.96 Å². The van der Waals surface area contributed by atoms with Crippen molar-refractivity contribution in [3.05, 3.63) is 79.0 Å². The third-order valence-corrected chi connectivity index (χ3v) is 5.40. The first kappa shape index (κ1) is 17.6. The molecule has 0 fully saturated rings. The molecule has 4 rings (SSSR count). The molecule has 0 bridgehead atoms. The van der Waals surface area contributed by atoms with Gasteiger partial charge in [-0.25, -0.2) is 4.79 Å². The number of halogens is 1. The molecule has 2 aromatic carbocycles. The number of aromatic nitrogens is 3. The number of hydrogen-bond acceptors (Lipinski definition) is 6. The van der Waals surface area contributed by atoms with E-state index in [1.54, 1.807) is 30.3 Å². The highest BCUT2D eigenvalue weighted by Gasteiger charge is 2.12. The number of carbonyl (C=O) groups is 1. The average molecular weight is 442 g/mol. The number of nitrogens with zero attached hydrogens (tertiary/aromatic N) is 3. The van der Waals surface area contributed by atoms with Crippen LogP contribution in [-0.4, -0.2) is 27.7 Å². The Hall–Kier alpha value is -2.84. The Bertz CT molecular complexity index is 1240. The summed E-state index contributed by atoms with van der Waals surface area (Å²) in [6, 6.07) is 14.4. The SMILES string of the molecule is COC(=O)c1ccc(/C=c2\sc3nc(-c4ccc(Br)cc4)nn3c2=O)cc1. The zero-order chi connectivity index (χ0) is 19.0. The van der Waals surface area contributed by atoms with Gasteiger partial charge in [0.15, 0.2) is 5.82 Å². The summed E-state index contributed by atoms with van der Waals surface area (Å²) in [5.41, 5.74) is 1.89. The molecule has 0 saturated heterocycles. The number of carbonyl (C=O) groups excluding carboxylic acids is 1. The van der Waals surface area contributed by atoms with E-state index in [9.17, 15) is 9.59 Å².